The molecule has 0 aliphatic carbocycles. The third-order valence-electron chi connectivity index (χ3n) is 3.73. The largest absolute Gasteiger partial charge is 0.493 e. The first-order valence-corrected chi connectivity index (χ1v) is 7.38. The molecule has 1 aromatic rings. The van der Waals surface area contributed by atoms with Crippen LogP contribution in [0.1, 0.15) is 37.9 Å². The summed E-state index contributed by atoms with van der Waals surface area (Å²) < 4.78 is 10.8. The maximum atomic E-state index is 12.1. The monoisotopic (exact) mass is 293 g/mol. The van der Waals surface area contributed by atoms with Crippen LogP contribution in [0.15, 0.2) is 18.2 Å². The van der Waals surface area contributed by atoms with Gasteiger partial charge in [0.15, 0.2) is 18.1 Å². The quantitative estimate of drug-likeness (QED) is 0.903. The van der Waals surface area contributed by atoms with Crippen molar-refractivity contribution < 1.29 is 19.4 Å². The van der Waals surface area contributed by atoms with E-state index in [2.05, 4.69) is 0 Å². The molecule has 0 aromatic heterocycles. The highest BCUT2D eigenvalue weighted by Gasteiger charge is 2.17. The lowest BCUT2D eigenvalue weighted by molar-refractivity contribution is -0.134. The molecule has 1 fully saturated rings. The summed E-state index contributed by atoms with van der Waals surface area (Å²) in [6, 6.07) is 5.23. The van der Waals surface area contributed by atoms with E-state index in [-0.39, 0.29) is 12.5 Å². The van der Waals surface area contributed by atoms with E-state index in [0.29, 0.717) is 11.5 Å². The smallest absolute Gasteiger partial charge is 0.260 e. The van der Waals surface area contributed by atoms with Gasteiger partial charge in [-0.2, -0.15) is 0 Å². The number of aliphatic hydroxyl groups excluding tert-OH is 1. The van der Waals surface area contributed by atoms with Gasteiger partial charge in [-0.15, -0.1) is 0 Å². The highest BCUT2D eigenvalue weighted by molar-refractivity contribution is 5.78. The molecule has 5 nitrogen and oxygen atoms in total. The number of ether oxygens (including phenoxy) is 2. The van der Waals surface area contributed by atoms with E-state index in [1.54, 1.807) is 32.2 Å². The Morgan fingerprint density at radius 1 is 1.29 bits per heavy atom. The third kappa shape index (κ3) is 4.11. The topological polar surface area (TPSA) is 59.0 Å². The highest BCUT2D eigenvalue weighted by Crippen LogP contribution is 2.30. The van der Waals surface area contributed by atoms with Gasteiger partial charge in [-0.25, -0.2) is 0 Å². The summed E-state index contributed by atoms with van der Waals surface area (Å²) in [6.45, 7) is 3.35. The molecule has 21 heavy (non-hydrogen) atoms. The second-order valence-corrected chi connectivity index (χ2v) is 5.32. The Hall–Kier alpha value is -1.75. The SMILES string of the molecule is COc1cc([C@H](C)O)ccc1OCC(=O)N1CCCCC1. The number of amides is 1. The van der Waals surface area contributed by atoms with Crippen LogP contribution in [0.3, 0.4) is 0 Å². The summed E-state index contributed by atoms with van der Waals surface area (Å²) in [5.74, 6) is 1.06. The summed E-state index contributed by atoms with van der Waals surface area (Å²) in [5.41, 5.74) is 0.751. The Morgan fingerprint density at radius 2 is 2.00 bits per heavy atom. The van der Waals surface area contributed by atoms with Crippen LogP contribution in [0.25, 0.3) is 0 Å². The Morgan fingerprint density at radius 3 is 2.62 bits per heavy atom. The number of nitrogens with zero attached hydrogens (tertiary/aromatic N) is 1. The van der Waals surface area contributed by atoms with E-state index in [1.165, 1.54) is 6.42 Å². The number of rotatable bonds is 5. The van der Waals surface area contributed by atoms with Crippen molar-refractivity contribution >= 4 is 5.91 Å². The van der Waals surface area contributed by atoms with Crippen LogP contribution in [0, 0.1) is 0 Å². The molecular formula is C16H23NO4. The predicted octanol–water partition coefficient (Wildman–Crippen LogP) is 2.14. The van der Waals surface area contributed by atoms with E-state index >= 15 is 0 Å². The van der Waals surface area contributed by atoms with Gasteiger partial charge >= 0.3 is 0 Å². The Balaban J connectivity index is 1.97. The molecule has 5 heteroatoms. The third-order valence-corrected chi connectivity index (χ3v) is 3.73. The van der Waals surface area contributed by atoms with Gasteiger partial charge in [0.1, 0.15) is 0 Å². The lowest BCUT2D eigenvalue weighted by Gasteiger charge is -2.26. The molecule has 1 saturated heterocycles. The Bertz CT molecular complexity index is 481. The first kappa shape index (κ1) is 15.6. The number of likely N-dealkylation sites (tertiary alicyclic amines) is 1. The van der Waals surface area contributed by atoms with Crippen LogP contribution in [0.4, 0.5) is 0 Å². The number of carbonyl (C=O) groups is 1. The zero-order valence-electron chi connectivity index (χ0n) is 12.7. The second-order valence-electron chi connectivity index (χ2n) is 5.32. The van der Waals surface area contributed by atoms with E-state index in [1.807, 2.05) is 4.90 Å². The number of carbonyl (C=O) groups excluding carboxylic acids is 1. The molecule has 116 valence electrons. The fraction of sp³-hybridized carbons (Fsp3) is 0.562. The van der Waals surface area contributed by atoms with E-state index in [0.717, 1.165) is 31.5 Å². The number of hydrogen-bond donors (Lipinski definition) is 1. The predicted molar refractivity (Wildman–Crippen MR) is 79.6 cm³/mol. The molecule has 0 saturated carbocycles. The van der Waals surface area contributed by atoms with Crippen LogP contribution < -0.4 is 9.47 Å². The van der Waals surface area contributed by atoms with Crippen LogP contribution in [0.5, 0.6) is 11.5 Å². The average molecular weight is 293 g/mol. The van der Waals surface area contributed by atoms with E-state index in [9.17, 15) is 9.90 Å². The number of hydrogen-bond acceptors (Lipinski definition) is 4. The van der Waals surface area contributed by atoms with Crippen molar-refractivity contribution in [3.05, 3.63) is 23.8 Å². The van der Waals surface area contributed by atoms with Gasteiger partial charge < -0.3 is 19.5 Å². The van der Waals surface area contributed by atoms with Crippen molar-refractivity contribution in [3.8, 4) is 11.5 Å². The van der Waals surface area contributed by atoms with Gasteiger partial charge in [0, 0.05) is 13.1 Å². The summed E-state index contributed by atoms with van der Waals surface area (Å²) in [4.78, 5) is 13.9. The van der Waals surface area contributed by atoms with Gasteiger partial charge in [-0.3, -0.25) is 4.79 Å². The molecule has 1 N–H and O–H groups in total. The van der Waals surface area contributed by atoms with Crippen molar-refractivity contribution in [2.45, 2.75) is 32.3 Å². The van der Waals surface area contributed by atoms with Gasteiger partial charge in [0.05, 0.1) is 13.2 Å². The van der Waals surface area contributed by atoms with Crippen molar-refractivity contribution in [1.82, 2.24) is 4.90 Å². The fourth-order valence-electron chi connectivity index (χ4n) is 2.44. The van der Waals surface area contributed by atoms with Crippen LogP contribution >= 0.6 is 0 Å². The minimum absolute atomic E-state index is 0.0105. The Kier molecular flexibility index (Phi) is 5.44. The minimum atomic E-state index is -0.567. The molecule has 1 amide bonds. The van der Waals surface area contributed by atoms with Crippen LogP contribution in [0.2, 0.25) is 0 Å². The van der Waals surface area contributed by atoms with Crippen molar-refractivity contribution in [2.75, 3.05) is 26.8 Å². The molecule has 1 aromatic carbocycles. The normalized spacial score (nSPS) is 16.4. The average Bonchev–Trinajstić information content (AvgIpc) is 2.53. The summed E-state index contributed by atoms with van der Waals surface area (Å²) in [6.07, 6.45) is 2.76. The van der Waals surface area contributed by atoms with Crippen molar-refractivity contribution in [3.63, 3.8) is 0 Å². The molecule has 2 rings (SSSR count). The fourth-order valence-corrected chi connectivity index (χ4v) is 2.44. The van der Waals surface area contributed by atoms with Crippen LogP contribution in [-0.4, -0.2) is 42.7 Å². The summed E-state index contributed by atoms with van der Waals surface area (Å²) >= 11 is 0. The standard InChI is InChI=1S/C16H23NO4/c1-12(18)13-6-7-14(15(10-13)20-2)21-11-16(19)17-8-4-3-5-9-17/h6-7,10,12,18H,3-5,8-9,11H2,1-2H3/t12-/m0/s1. The zero-order valence-corrected chi connectivity index (χ0v) is 12.7. The number of methoxy groups -OCH3 is 1. The van der Waals surface area contributed by atoms with Crippen molar-refractivity contribution in [1.29, 1.82) is 0 Å². The molecule has 1 aliphatic rings. The Labute approximate surface area is 125 Å². The van der Waals surface area contributed by atoms with E-state index in [4.69, 9.17) is 9.47 Å². The highest BCUT2D eigenvalue weighted by atomic mass is 16.5. The first-order chi connectivity index (χ1) is 10.1. The second kappa shape index (κ2) is 7.31. The van der Waals surface area contributed by atoms with Gasteiger partial charge in [-0.05, 0) is 43.9 Å². The van der Waals surface area contributed by atoms with Gasteiger partial charge in [-0.1, -0.05) is 6.07 Å². The number of piperidine rings is 1. The summed E-state index contributed by atoms with van der Waals surface area (Å²) in [7, 11) is 1.54. The maximum absolute atomic E-state index is 12.1. The molecule has 0 bridgehead atoms. The molecule has 1 atom stereocenters. The lowest BCUT2D eigenvalue weighted by atomic mass is 10.1. The van der Waals surface area contributed by atoms with Gasteiger partial charge in [0.2, 0.25) is 0 Å². The number of benzene rings is 1. The molecule has 0 spiro atoms. The first-order valence-electron chi connectivity index (χ1n) is 7.38. The van der Waals surface area contributed by atoms with Gasteiger partial charge in [0.25, 0.3) is 5.91 Å². The van der Waals surface area contributed by atoms with Crippen LogP contribution in [-0.2, 0) is 4.79 Å². The molecule has 1 aliphatic heterocycles. The lowest BCUT2D eigenvalue weighted by Crippen LogP contribution is -2.38. The van der Waals surface area contributed by atoms with E-state index < -0.39 is 6.10 Å². The maximum Gasteiger partial charge on any atom is 0.260 e. The number of aliphatic hydroxyl groups is 1. The molecule has 1 heterocycles. The summed E-state index contributed by atoms with van der Waals surface area (Å²) in [5, 5.41) is 9.57. The van der Waals surface area contributed by atoms with Crippen molar-refractivity contribution in [2.24, 2.45) is 0 Å². The zero-order chi connectivity index (χ0) is 15.2. The molecular weight excluding hydrogens is 270 g/mol. The molecule has 0 unspecified atom stereocenters. The molecule has 0 radical (unpaired) electrons. The minimum Gasteiger partial charge on any atom is -0.493 e.